The van der Waals surface area contributed by atoms with Gasteiger partial charge in [-0.3, -0.25) is 4.79 Å². The molecule has 0 heterocycles. The predicted octanol–water partition coefficient (Wildman–Crippen LogP) is 2.83. The second-order valence-corrected chi connectivity index (χ2v) is 5.43. The molecule has 0 aliphatic carbocycles. The third-order valence-corrected chi connectivity index (χ3v) is 3.67. The van der Waals surface area contributed by atoms with E-state index >= 15 is 0 Å². The normalized spacial score (nSPS) is 10.0. The van der Waals surface area contributed by atoms with Crippen LogP contribution in [0.5, 0.6) is 11.5 Å². The Labute approximate surface area is 150 Å². The highest BCUT2D eigenvalue weighted by molar-refractivity contribution is 6.32. The quantitative estimate of drug-likeness (QED) is 0.766. The van der Waals surface area contributed by atoms with Crippen LogP contribution >= 0.6 is 11.6 Å². The second-order valence-electron chi connectivity index (χ2n) is 5.02. The number of para-hydroxylation sites is 1. The lowest BCUT2D eigenvalue weighted by molar-refractivity contribution is -0.123. The van der Waals surface area contributed by atoms with Crippen molar-refractivity contribution in [1.29, 1.82) is 0 Å². The van der Waals surface area contributed by atoms with Gasteiger partial charge < -0.3 is 19.5 Å². The van der Waals surface area contributed by atoms with Gasteiger partial charge in [0.1, 0.15) is 17.1 Å². The van der Waals surface area contributed by atoms with Crippen molar-refractivity contribution in [3.05, 3.63) is 58.6 Å². The minimum absolute atomic E-state index is 0.163. The van der Waals surface area contributed by atoms with E-state index < -0.39 is 5.97 Å². The molecule has 2 aromatic rings. The van der Waals surface area contributed by atoms with Gasteiger partial charge in [0.15, 0.2) is 6.61 Å². The highest BCUT2D eigenvalue weighted by Crippen LogP contribution is 2.23. The van der Waals surface area contributed by atoms with Gasteiger partial charge in [0.2, 0.25) is 0 Å². The van der Waals surface area contributed by atoms with E-state index in [-0.39, 0.29) is 19.1 Å². The van der Waals surface area contributed by atoms with Crippen molar-refractivity contribution in [2.75, 3.05) is 20.8 Å². The summed E-state index contributed by atoms with van der Waals surface area (Å²) in [6, 6.07) is 11.9. The van der Waals surface area contributed by atoms with Crippen LogP contribution in [0.1, 0.15) is 15.9 Å². The molecule has 0 unspecified atom stereocenters. The molecule has 0 saturated heterocycles. The maximum Gasteiger partial charge on any atom is 0.341 e. The topological polar surface area (TPSA) is 73.9 Å². The van der Waals surface area contributed by atoms with Crippen LogP contribution in [-0.4, -0.2) is 32.7 Å². The maximum atomic E-state index is 11.9. The van der Waals surface area contributed by atoms with E-state index in [0.717, 1.165) is 5.56 Å². The molecule has 0 spiro atoms. The summed E-state index contributed by atoms with van der Waals surface area (Å²) < 4.78 is 15.2. The third kappa shape index (κ3) is 5.12. The number of ether oxygens (including phenoxy) is 3. The Bertz CT molecular complexity index is 763. The number of methoxy groups -OCH3 is 2. The molecular weight excluding hydrogens is 346 g/mol. The molecule has 2 rings (SSSR count). The van der Waals surface area contributed by atoms with Crippen LogP contribution in [0.4, 0.5) is 0 Å². The van der Waals surface area contributed by atoms with Crippen molar-refractivity contribution in [3.63, 3.8) is 0 Å². The molecule has 7 heteroatoms. The van der Waals surface area contributed by atoms with Crippen molar-refractivity contribution in [1.82, 2.24) is 5.32 Å². The van der Waals surface area contributed by atoms with Crippen molar-refractivity contribution in [2.45, 2.75) is 6.54 Å². The van der Waals surface area contributed by atoms with Crippen LogP contribution in [-0.2, 0) is 16.1 Å². The lowest BCUT2D eigenvalue weighted by Crippen LogP contribution is -2.28. The van der Waals surface area contributed by atoms with Crippen LogP contribution in [0, 0.1) is 0 Å². The first-order chi connectivity index (χ1) is 12.0. The fourth-order valence-electron chi connectivity index (χ4n) is 2.09. The van der Waals surface area contributed by atoms with Crippen LogP contribution in [0.2, 0.25) is 5.02 Å². The molecule has 6 nitrogen and oxygen atoms in total. The maximum absolute atomic E-state index is 11.9. The van der Waals surface area contributed by atoms with E-state index in [2.05, 4.69) is 5.32 Å². The molecule has 1 N–H and O–H groups in total. The Balaban J connectivity index is 1.93. The number of carbonyl (C=O) groups excluding carboxylic acids is 2. The summed E-state index contributed by atoms with van der Waals surface area (Å²) in [7, 11) is 2.76. The van der Waals surface area contributed by atoms with Gasteiger partial charge in [-0.15, -0.1) is 0 Å². The van der Waals surface area contributed by atoms with E-state index in [1.807, 2.05) is 0 Å². The average Bonchev–Trinajstić information content (AvgIpc) is 2.64. The van der Waals surface area contributed by atoms with E-state index in [4.69, 9.17) is 25.8 Å². The number of halogens is 1. The molecule has 0 atom stereocenters. The average molecular weight is 364 g/mol. The second kappa shape index (κ2) is 8.94. The molecule has 2 aromatic carbocycles. The van der Waals surface area contributed by atoms with Gasteiger partial charge in [0, 0.05) is 6.54 Å². The molecule has 0 fully saturated rings. The molecule has 132 valence electrons. The largest absolute Gasteiger partial charge is 0.496 e. The molecule has 0 aliphatic heterocycles. The highest BCUT2D eigenvalue weighted by atomic mass is 35.5. The van der Waals surface area contributed by atoms with E-state index in [0.29, 0.717) is 22.1 Å². The minimum atomic E-state index is -0.507. The van der Waals surface area contributed by atoms with Crippen molar-refractivity contribution < 1.29 is 23.8 Å². The first-order valence-corrected chi connectivity index (χ1v) is 7.82. The predicted molar refractivity (Wildman–Crippen MR) is 93.1 cm³/mol. The highest BCUT2D eigenvalue weighted by Gasteiger charge is 2.14. The van der Waals surface area contributed by atoms with Crippen molar-refractivity contribution in [3.8, 4) is 11.5 Å². The lowest BCUT2D eigenvalue weighted by atomic mass is 10.1. The van der Waals surface area contributed by atoms with Gasteiger partial charge in [0.25, 0.3) is 5.91 Å². The van der Waals surface area contributed by atoms with Crippen molar-refractivity contribution >= 4 is 23.5 Å². The number of rotatable bonds is 7. The number of benzene rings is 2. The molecule has 25 heavy (non-hydrogen) atoms. The third-order valence-electron chi connectivity index (χ3n) is 3.35. The summed E-state index contributed by atoms with van der Waals surface area (Å²) in [5.74, 6) is 0.0307. The first-order valence-electron chi connectivity index (χ1n) is 7.44. The SMILES string of the molecule is COC(=O)c1cc(CNC(=O)COc2ccccc2Cl)ccc1OC. The zero-order valence-corrected chi connectivity index (χ0v) is 14.6. The van der Waals surface area contributed by atoms with Crippen LogP contribution in [0.3, 0.4) is 0 Å². The van der Waals surface area contributed by atoms with Gasteiger partial charge >= 0.3 is 5.97 Å². The molecule has 1 amide bonds. The number of hydrogen-bond acceptors (Lipinski definition) is 5. The van der Waals surface area contributed by atoms with Gasteiger partial charge in [-0.2, -0.15) is 0 Å². The fraction of sp³-hybridized carbons (Fsp3) is 0.222. The molecule has 0 aromatic heterocycles. The number of amides is 1. The van der Waals surface area contributed by atoms with E-state index in [1.165, 1.54) is 14.2 Å². The van der Waals surface area contributed by atoms with E-state index in [9.17, 15) is 9.59 Å². The smallest absolute Gasteiger partial charge is 0.341 e. The fourth-order valence-corrected chi connectivity index (χ4v) is 2.28. The van der Waals surface area contributed by atoms with Crippen LogP contribution in [0.25, 0.3) is 0 Å². The Morgan fingerprint density at radius 2 is 1.84 bits per heavy atom. The minimum Gasteiger partial charge on any atom is -0.496 e. The number of esters is 1. The molecular formula is C18H18ClNO5. The van der Waals surface area contributed by atoms with Gasteiger partial charge in [-0.05, 0) is 29.8 Å². The summed E-state index contributed by atoms with van der Waals surface area (Å²) in [6.45, 7) is 0.0719. The van der Waals surface area contributed by atoms with E-state index in [1.54, 1.807) is 42.5 Å². The number of hydrogen-bond donors (Lipinski definition) is 1. The van der Waals surface area contributed by atoms with Gasteiger partial charge in [0.05, 0.1) is 19.2 Å². The zero-order valence-electron chi connectivity index (χ0n) is 13.9. The summed E-state index contributed by atoms with van der Waals surface area (Å²) in [6.07, 6.45) is 0. The Morgan fingerprint density at radius 3 is 2.52 bits per heavy atom. The van der Waals surface area contributed by atoms with Crippen LogP contribution < -0.4 is 14.8 Å². The summed E-state index contributed by atoms with van der Waals surface area (Å²) in [5.41, 5.74) is 1.02. The zero-order chi connectivity index (χ0) is 18.2. The van der Waals surface area contributed by atoms with Crippen LogP contribution in [0.15, 0.2) is 42.5 Å². The van der Waals surface area contributed by atoms with Gasteiger partial charge in [-0.25, -0.2) is 4.79 Å². The monoisotopic (exact) mass is 363 g/mol. The summed E-state index contributed by atoms with van der Waals surface area (Å²) in [5, 5.41) is 3.15. The Hall–Kier alpha value is -2.73. The Kier molecular flexibility index (Phi) is 6.65. The first kappa shape index (κ1) is 18.6. The van der Waals surface area contributed by atoms with Crippen molar-refractivity contribution in [2.24, 2.45) is 0 Å². The van der Waals surface area contributed by atoms with Gasteiger partial charge in [-0.1, -0.05) is 29.8 Å². The summed E-state index contributed by atoms with van der Waals surface area (Å²) >= 11 is 5.96. The number of nitrogens with one attached hydrogen (secondary N) is 1. The molecule has 0 radical (unpaired) electrons. The summed E-state index contributed by atoms with van der Waals surface area (Å²) in [4.78, 5) is 23.7. The lowest BCUT2D eigenvalue weighted by Gasteiger charge is -2.11. The Morgan fingerprint density at radius 1 is 1.08 bits per heavy atom. The molecule has 0 saturated carbocycles. The number of carbonyl (C=O) groups is 2. The molecule has 0 aliphatic rings. The standard InChI is InChI=1S/C18H18ClNO5/c1-23-15-8-7-12(9-13(15)18(22)24-2)10-20-17(21)11-25-16-6-4-3-5-14(16)19/h3-9H,10-11H2,1-2H3,(H,20,21). The molecule has 0 bridgehead atoms.